The van der Waals surface area contributed by atoms with Gasteiger partial charge in [-0.05, 0) is 30.3 Å². The van der Waals surface area contributed by atoms with Crippen molar-refractivity contribution in [2.45, 2.75) is 5.16 Å². The molecule has 1 amide bonds. The number of aryl methyl sites for hydroxylation is 1. The largest absolute Gasteiger partial charge is 0.327 e. The van der Waals surface area contributed by atoms with Crippen LogP contribution in [0.15, 0.2) is 84.0 Å². The molecule has 7 nitrogen and oxygen atoms in total. The molecule has 0 unspecified atom stereocenters. The molecule has 0 saturated carbocycles. The predicted octanol–water partition coefficient (Wildman–Crippen LogP) is 4.48. The summed E-state index contributed by atoms with van der Waals surface area (Å²) in [6.07, 6.45) is 0. The Labute approximate surface area is 193 Å². The lowest BCUT2D eigenvalue weighted by atomic mass is 10.0. The summed E-state index contributed by atoms with van der Waals surface area (Å²) >= 11 is 1.22. The topological polar surface area (TPSA) is 89.8 Å². The van der Waals surface area contributed by atoms with Gasteiger partial charge < -0.3 is 9.88 Å². The third-order valence-electron chi connectivity index (χ3n) is 5.29. The highest BCUT2D eigenvalue weighted by atomic mass is 32.2. The molecule has 2 heterocycles. The van der Waals surface area contributed by atoms with Crippen LogP contribution in [0.5, 0.6) is 0 Å². The summed E-state index contributed by atoms with van der Waals surface area (Å²) < 4.78 is 1.97. The molecular weight excluding hydrogens is 434 g/mol. The van der Waals surface area contributed by atoms with Crippen LogP contribution in [0.3, 0.4) is 0 Å². The minimum absolute atomic E-state index is 0.0580. The lowest BCUT2D eigenvalue weighted by molar-refractivity contribution is -0.113. The van der Waals surface area contributed by atoms with Crippen LogP contribution in [0, 0.1) is 0 Å². The van der Waals surface area contributed by atoms with Crippen LogP contribution in [0.2, 0.25) is 0 Å². The summed E-state index contributed by atoms with van der Waals surface area (Å²) in [5.41, 5.74) is 4.32. The molecule has 0 aliphatic carbocycles. The number of thioether (sulfide) groups is 1. The Kier molecular flexibility index (Phi) is 5.58. The van der Waals surface area contributed by atoms with E-state index in [0.717, 1.165) is 22.1 Å². The molecule has 0 radical (unpaired) electrons. The SMILES string of the molecule is Cn1c2ccccc2c2nnc(SCC(=O)Nc3ccc(C(=O)c4ccccc4)cc3)nc21. The van der Waals surface area contributed by atoms with Gasteiger partial charge in [-0.3, -0.25) is 9.59 Å². The predicted molar refractivity (Wildman–Crippen MR) is 129 cm³/mol. The molecule has 5 rings (SSSR count). The second-order valence-corrected chi connectivity index (χ2v) is 8.39. The smallest absolute Gasteiger partial charge is 0.234 e. The molecule has 33 heavy (non-hydrogen) atoms. The quantitative estimate of drug-likeness (QED) is 0.301. The van der Waals surface area contributed by atoms with Crippen LogP contribution in [0.25, 0.3) is 22.1 Å². The fourth-order valence-electron chi connectivity index (χ4n) is 3.64. The van der Waals surface area contributed by atoms with Crippen LogP contribution in [-0.2, 0) is 11.8 Å². The number of aromatic nitrogens is 4. The minimum Gasteiger partial charge on any atom is -0.327 e. The van der Waals surface area contributed by atoms with Gasteiger partial charge in [0.2, 0.25) is 11.1 Å². The number of hydrogen-bond donors (Lipinski definition) is 1. The van der Waals surface area contributed by atoms with Crippen LogP contribution >= 0.6 is 11.8 Å². The standard InChI is InChI=1S/C25H19N5O2S/c1-30-20-10-6-5-9-19(20)22-24(30)27-25(29-28-22)33-15-21(31)26-18-13-11-17(12-14-18)23(32)16-7-3-2-4-8-16/h2-14H,15H2,1H3,(H,26,31). The van der Waals surface area contributed by atoms with E-state index in [2.05, 4.69) is 20.5 Å². The minimum atomic E-state index is -0.192. The Hall–Kier alpha value is -4.04. The summed E-state index contributed by atoms with van der Waals surface area (Å²) in [5.74, 6) is -0.109. The lowest BCUT2D eigenvalue weighted by Crippen LogP contribution is -2.14. The summed E-state index contributed by atoms with van der Waals surface area (Å²) in [7, 11) is 1.94. The number of amides is 1. The molecule has 1 N–H and O–H groups in total. The first kappa shape index (κ1) is 20.8. The second-order valence-electron chi connectivity index (χ2n) is 7.45. The number of rotatable bonds is 6. The van der Waals surface area contributed by atoms with Crippen molar-refractivity contribution in [2.24, 2.45) is 7.05 Å². The van der Waals surface area contributed by atoms with E-state index in [4.69, 9.17) is 0 Å². The number of carbonyl (C=O) groups excluding carboxylic acids is 2. The summed E-state index contributed by atoms with van der Waals surface area (Å²) in [6, 6.07) is 23.9. The lowest BCUT2D eigenvalue weighted by Gasteiger charge is -2.06. The average Bonchev–Trinajstić information content (AvgIpc) is 3.15. The fraction of sp³-hybridized carbons (Fsp3) is 0.0800. The van der Waals surface area contributed by atoms with E-state index < -0.39 is 0 Å². The number of nitrogens with one attached hydrogen (secondary N) is 1. The molecule has 162 valence electrons. The van der Waals surface area contributed by atoms with Crippen LogP contribution in [0.4, 0.5) is 5.69 Å². The third kappa shape index (κ3) is 4.20. The first-order valence-corrected chi connectivity index (χ1v) is 11.3. The van der Waals surface area contributed by atoms with Gasteiger partial charge in [-0.1, -0.05) is 60.3 Å². The first-order chi connectivity index (χ1) is 16.1. The molecular formula is C25H19N5O2S. The number of para-hydroxylation sites is 1. The molecule has 0 saturated heterocycles. The number of fused-ring (bicyclic) bond motifs is 3. The molecule has 8 heteroatoms. The molecule has 3 aromatic carbocycles. The number of carbonyl (C=O) groups is 2. The number of benzene rings is 3. The van der Waals surface area contributed by atoms with Crippen LogP contribution < -0.4 is 5.32 Å². The highest BCUT2D eigenvalue weighted by Gasteiger charge is 2.14. The number of anilines is 1. The Morgan fingerprint density at radius 1 is 0.879 bits per heavy atom. The molecule has 5 aromatic rings. The Balaban J connectivity index is 1.23. The van der Waals surface area contributed by atoms with Gasteiger partial charge in [-0.25, -0.2) is 4.98 Å². The Morgan fingerprint density at radius 2 is 1.58 bits per heavy atom. The van der Waals surface area contributed by atoms with Gasteiger partial charge in [0.05, 0.1) is 11.3 Å². The van der Waals surface area contributed by atoms with E-state index in [0.29, 0.717) is 22.0 Å². The van der Waals surface area contributed by atoms with Crippen molar-refractivity contribution < 1.29 is 9.59 Å². The van der Waals surface area contributed by atoms with E-state index in [9.17, 15) is 9.59 Å². The third-order valence-corrected chi connectivity index (χ3v) is 6.12. The maximum Gasteiger partial charge on any atom is 0.234 e. The van der Waals surface area contributed by atoms with Crippen molar-refractivity contribution >= 4 is 51.2 Å². The van der Waals surface area contributed by atoms with Gasteiger partial charge in [0.15, 0.2) is 11.4 Å². The Morgan fingerprint density at radius 3 is 2.36 bits per heavy atom. The van der Waals surface area contributed by atoms with Crippen molar-refractivity contribution in [3.8, 4) is 0 Å². The van der Waals surface area contributed by atoms with Gasteiger partial charge in [-0.2, -0.15) is 0 Å². The molecule has 0 aliphatic heterocycles. The zero-order chi connectivity index (χ0) is 22.8. The normalized spacial score (nSPS) is 11.1. The van der Waals surface area contributed by atoms with Crippen molar-refractivity contribution in [3.05, 3.63) is 90.0 Å². The molecule has 0 fully saturated rings. The van der Waals surface area contributed by atoms with Crippen LogP contribution in [-0.4, -0.2) is 37.2 Å². The first-order valence-electron chi connectivity index (χ1n) is 10.3. The van der Waals surface area contributed by atoms with Crippen molar-refractivity contribution in [3.63, 3.8) is 0 Å². The zero-order valence-corrected chi connectivity index (χ0v) is 18.5. The number of hydrogen-bond acceptors (Lipinski definition) is 6. The Bertz CT molecular complexity index is 1480. The van der Waals surface area contributed by atoms with E-state index >= 15 is 0 Å². The van der Waals surface area contributed by atoms with Crippen molar-refractivity contribution in [1.82, 2.24) is 19.7 Å². The second kappa shape index (κ2) is 8.84. The maximum absolute atomic E-state index is 12.5. The molecule has 0 aliphatic rings. The zero-order valence-electron chi connectivity index (χ0n) is 17.7. The molecule has 2 aromatic heterocycles. The fourth-order valence-corrected chi connectivity index (χ4v) is 4.22. The van der Waals surface area contributed by atoms with E-state index in [-0.39, 0.29) is 17.4 Å². The van der Waals surface area contributed by atoms with Crippen LogP contribution in [0.1, 0.15) is 15.9 Å². The van der Waals surface area contributed by atoms with Crippen molar-refractivity contribution in [1.29, 1.82) is 0 Å². The van der Waals surface area contributed by atoms with Gasteiger partial charge in [0, 0.05) is 29.2 Å². The van der Waals surface area contributed by atoms with Gasteiger partial charge in [0.25, 0.3) is 0 Å². The average molecular weight is 454 g/mol. The molecule has 0 bridgehead atoms. The molecule has 0 atom stereocenters. The van der Waals surface area contributed by atoms with Gasteiger partial charge >= 0.3 is 0 Å². The highest BCUT2D eigenvalue weighted by molar-refractivity contribution is 7.99. The number of nitrogens with zero attached hydrogens (tertiary/aromatic N) is 4. The monoisotopic (exact) mass is 453 g/mol. The molecule has 0 spiro atoms. The summed E-state index contributed by atoms with van der Waals surface area (Å²) in [4.78, 5) is 29.5. The van der Waals surface area contributed by atoms with E-state index in [1.165, 1.54) is 11.8 Å². The van der Waals surface area contributed by atoms with Crippen molar-refractivity contribution in [2.75, 3.05) is 11.1 Å². The van der Waals surface area contributed by atoms with E-state index in [1.807, 2.05) is 54.1 Å². The maximum atomic E-state index is 12.5. The van der Waals surface area contributed by atoms with E-state index in [1.54, 1.807) is 36.4 Å². The summed E-state index contributed by atoms with van der Waals surface area (Å²) in [5, 5.41) is 12.8. The number of ketones is 1. The van der Waals surface area contributed by atoms with Gasteiger partial charge in [-0.15, -0.1) is 10.2 Å². The summed E-state index contributed by atoms with van der Waals surface area (Å²) in [6.45, 7) is 0. The highest BCUT2D eigenvalue weighted by Crippen LogP contribution is 2.26. The van der Waals surface area contributed by atoms with Gasteiger partial charge in [0.1, 0.15) is 5.52 Å².